The highest BCUT2D eigenvalue weighted by Crippen LogP contribution is 2.29. The van der Waals surface area contributed by atoms with Crippen LogP contribution < -0.4 is 5.32 Å². The lowest BCUT2D eigenvalue weighted by Crippen LogP contribution is -2.21. The maximum Gasteiger partial charge on any atom is 0.224 e. The number of hydrogen-bond acceptors (Lipinski definition) is 2. The van der Waals surface area contributed by atoms with Crippen molar-refractivity contribution in [1.29, 1.82) is 0 Å². The molecule has 1 saturated carbocycles. The largest absolute Gasteiger partial charge is 0.323 e. The topological polar surface area (TPSA) is 42.0 Å². The second kappa shape index (κ2) is 4.62. The van der Waals surface area contributed by atoms with Gasteiger partial charge < -0.3 is 5.32 Å². The molecule has 1 aromatic rings. The third-order valence-corrected chi connectivity index (χ3v) is 3.03. The molecule has 2 rings (SSSR count). The molecule has 0 aliphatic heterocycles. The van der Waals surface area contributed by atoms with Gasteiger partial charge in [-0.15, -0.1) is 0 Å². The summed E-state index contributed by atoms with van der Waals surface area (Å²) in [6.07, 6.45) is 5.81. The van der Waals surface area contributed by atoms with Gasteiger partial charge in [-0.1, -0.05) is 18.0 Å². The van der Waals surface area contributed by atoms with Gasteiger partial charge >= 0.3 is 0 Å². The van der Waals surface area contributed by atoms with Gasteiger partial charge in [0.1, 0.15) is 0 Å². The van der Waals surface area contributed by atoms with Crippen molar-refractivity contribution in [1.82, 2.24) is 4.98 Å². The van der Waals surface area contributed by atoms with E-state index in [4.69, 9.17) is 11.6 Å². The molecule has 1 aromatic heterocycles. The number of anilines is 1. The van der Waals surface area contributed by atoms with Crippen molar-refractivity contribution in [2.75, 3.05) is 5.32 Å². The van der Waals surface area contributed by atoms with Crippen LogP contribution in [0.5, 0.6) is 0 Å². The molecule has 1 heterocycles. The fourth-order valence-electron chi connectivity index (χ4n) is 1.64. The molecule has 1 aliphatic rings. The minimum Gasteiger partial charge on any atom is -0.323 e. The third kappa shape index (κ3) is 2.69. The number of aromatic nitrogens is 1. The molecule has 1 N–H and O–H groups in total. The molecule has 1 amide bonds. The zero-order chi connectivity index (χ0) is 10.7. The van der Waals surface area contributed by atoms with Crippen LogP contribution in [0.2, 0.25) is 5.15 Å². The van der Waals surface area contributed by atoms with E-state index in [2.05, 4.69) is 10.3 Å². The minimum atomic E-state index is 0.0367. The van der Waals surface area contributed by atoms with E-state index >= 15 is 0 Å². The second-order valence-corrected chi connectivity index (χ2v) is 4.25. The lowest BCUT2D eigenvalue weighted by molar-refractivity contribution is -0.117. The molecule has 1 aliphatic carbocycles. The minimum absolute atomic E-state index is 0.0367. The average Bonchev–Trinajstić information content (AvgIpc) is 2.16. The third-order valence-electron chi connectivity index (χ3n) is 2.73. The Hall–Kier alpha value is -1.09. The first-order valence-corrected chi connectivity index (χ1v) is 5.54. The molecule has 1 fully saturated rings. The Kier molecular flexibility index (Phi) is 3.21. The number of carbonyl (C=O) groups excluding carboxylic acids is 1. The fraction of sp³-hybridized carbons (Fsp3) is 0.455. The predicted octanol–water partition coefficient (Wildman–Crippen LogP) is 2.86. The van der Waals surface area contributed by atoms with Gasteiger partial charge in [0.25, 0.3) is 0 Å². The maximum absolute atomic E-state index is 11.6. The summed E-state index contributed by atoms with van der Waals surface area (Å²) >= 11 is 5.83. The number of pyridine rings is 1. The Labute approximate surface area is 93.8 Å². The highest BCUT2D eigenvalue weighted by molar-refractivity contribution is 6.32. The number of amides is 1. The highest BCUT2D eigenvalue weighted by Gasteiger charge is 2.20. The van der Waals surface area contributed by atoms with Crippen LogP contribution in [0.3, 0.4) is 0 Å². The van der Waals surface area contributed by atoms with Gasteiger partial charge in [0.2, 0.25) is 5.91 Å². The first kappa shape index (κ1) is 10.4. The highest BCUT2D eigenvalue weighted by atomic mass is 35.5. The fourth-order valence-corrected chi connectivity index (χ4v) is 1.81. The zero-order valence-electron chi connectivity index (χ0n) is 8.37. The monoisotopic (exact) mass is 224 g/mol. The summed E-state index contributed by atoms with van der Waals surface area (Å²) in [5, 5.41) is 3.12. The van der Waals surface area contributed by atoms with E-state index in [-0.39, 0.29) is 5.91 Å². The molecule has 0 bridgehead atoms. The van der Waals surface area contributed by atoms with Crippen LogP contribution in [0.25, 0.3) is 0 Å². The van der Waals surface area contributed by atoms with Crippen LogP contribution in [-0.2, 0) is 4.79 Å². The Morgan fingerprint density at radius 1 is 1.60 bits per heavy atom. The molecule has 0 radical (unpaired) electrons. The van der Waals surface area contributed by atoms with Crippen molar-refractivity contribution < 1.29 is 4.79 Å². The summed E-state index contributed by atoms with van der Waals surface area (Å²) < 4.78 is 0. The van der Waals surface area contributed by atoms with Crippen LogP contribution in [0.1, 0.15) is 25.7 Å². The normalized spacial score (nSPS) is 15.8. The van der Waals surface area contributed by atoms with E-state index in [0.29, 0.717) is 23.2 Å². The van der Waals surface area contributed by atoms with E-state index in [1.54, 1.807) is 18.3 Å². The standard InChI is InChI=1S/C11H13ClN2O/c12-11-9(5-2-6-13-11)14-10(15)7-8-3-1-4-8/h2,5-6,8H,1,3-4,7H2,(H,14,15). The van der Waals surface area contributed by atoms with Crippen molar-refractivity contribution in [3.05, 3.63) is 23.5 Å². The number of carbonyl (C=O) groups is 1. The number of hydrogen-bond donors (Lipinski definition) is 1. The molecular formula is C11H13ClN2O. The van der Waals surface area contributed by atoms with Crippen LogP contribution in [0, 0.1) is 5.92 Å². The maximum atomic E-state index is 11.6. The lowest BCUT2D eigenvalue weighted by Gasteiger charge is -2.24. The van der Waals surface area contributed by atoms with Crippen LogP contribution in [-0.4, -0.2) is 10.9 Å². The molecule has 4 heteroatoms. The van der Waals surface area contributed by atoms with E-state index < -0.39 is 0 Å². The van der Waals surface area contributed by atoms with Gasteiger partial charge in [0.15, 0.2) is 5.15 Å². The molecule has 80 valence electrons. The van der Waals surface area contributed by atoms with E-state index in [9.17, 15) is 4.79 Å². The summed E-state index contributed by atoms with van der Waals surface area (Å²) in [7, 11) is 0. The summed E-state index contributed by atoms with van der Waals surface area (Å²) in [6, 6.07) is 3.51. The van der Waals surface area contributed by atoms with Crippen LogP contribution in [0.4, 0.5) is 5.69 Å². The summed E-state index contributed by atoms with van der Waals surface area (Å²) in [6.45, 7) is 0. The van der Waals surface area contributed by atoms with E-state index in [0.717, 1.165) is 0 Å². The average molecular weight is 225 g/mol. The van der Waals surface area contributed by atoms with Crippen molar-refractivity contribution in [3.63, 3.8) is 0 Å². The summed E-state index contributed by atoms with van der Waals surface area (Å²) in [4.78, 5) is 15.5. The van der Waals surface area contributed by atoms with Crippen molar-refractivity contribution in [3.8, 4) is 0 Å². The number of halogens is 1. The molecule has 3 nitrogen and oxygen atoms in total. The van der Waals surface area contributed by atoms with Gasteiger partial charge in [-0.2, -0.15) is 0 Å². The molecule has 0 atom stereocenters. The molecular weight excluding hydrogens is 212 g/mol. The van der Waals surface area contributed by atoms with Gasteiger partial charge in [-0.05, 0) is 30.9 Å². The van der Waals surface area contributed by atoms with Gasteiger partial charge in [0.05, 0.1) is 5.69 Å². The Balaban J connectivity index is 1.90. The summed E-state index contributed by atoms with van der Waals surface area (Å²) in [5.41, 5.74) is 0.600. The quantitative estimate of drug-likeness (QED) is 0.803. The molecule has 0 unspecified atom stereocenters. The molecule has 0 aromatic carbocycles. The van der Waals surface area contributed by atoms with Crippen molar-refractivity contribution >= 4 is 23.2 Å². The van der Waals surface area contributed by atoms with Gasteiger partial charge in [0, 0.05) is 12.6 Å². The van der Waals surface area contributed by atoms with Gasteiger partial charge in [-0.25, -0.2) is 4.98 Å². The Morgan fingerprint density at radius 2 is 2.40 bits per heavy atom. The van der Waals surface area contributed by atoms with Crippen LogP contribution >= 0.6 is 11.6 Å². The van der Waals surface area contributed by atoms with E-state index in [1.165, 1.54) is 19.3 Å². The van der Waals surface area contributed by atoms with E-state index in [1.807, 2.05) is 0 Å². The zero-order valence-corrected chi connectivity index (χ0v) is 9.13. The van der Waals surface area contributed by atoms with Crippen molar-refractivity contribution in [2.24, 2.45) is 5.92 Å². The Bertz CT molecular complexity index is 363. The summed E-state index contributed by atoms with van der Waals surface area (Å²) in [5.74, 6) is 0.607. The van der Waals surface area contributed by atoms with Crippen molar-refractivity contribution in [2.45, 2.75) is 25.7 Å². The first-order chi connectivity index (χ1) is 7.25. The smallest absolute Gasteiger partial charge is 0.224 e. The number of nitrogens with one attached hydrogen (secondary N) is 1. The molecule has 0 saturated heterocycles. The predicted molar refractivity (Wildman–Crippen MR) is 59.8 cm³/mol. The first-order valence-electron chi connectivity index (χ1n) is 5.16. The Morgan fingerprint density at radius 3 is 3.00 bits per heavy atom. The lowest BCUT2D eigenvalue weighted by atomic mass is 9.83. The number of nitrogens with zero attached hydrogens (tertiary/aromatic N) is 1. The molecule has 0 spiro atoms. The second-order valence-electron chi connectivity index (χ2n) is 3.89. The van der Waals surface area contributed by atoms with Crippen LogP contribution in [0.15, 0.2) is 18.3 Å². The molecule has 15 heavy (non-hydrogen) atoms. The SMILES string of the molecule is O=C(CC1CCC1)Nc1cccnc1Cl. The van der Waals surface area contributed by atoms with Gasteiger partial charge in [-0.3, -0.25) is 4.79 Å². The number of rotatable bonds is 3.